The average molecular weight is 369 g/mol. The highest BCUT2D eigenvalue weighted by Crippen LogP contribution is 2.36. The van der Waals surface area contributed by atoms with Crippen molar-refractivity contribution in [2.45, 2.75) is 33.2 Å². The molecule has 1 aromatic heterocycles. The van der Waals surface area contributed by atoms with Gasteiger partial charge in [-0.15, -0.1) is 0 Å². The van der Waals surface area contributed by atoms with E-state index in [0.29, 0.717) is 24.9 Å². The van der Waals surface area contributed by atoms with Crippen molar-refractivity contribution in [3.05, 3.63) is 58.9 Å². The number of fused-ring (bicyclic) bond motifs is 1. The van der Waals surface area contributed by atoms with E-state index in [0.717, 1.165) is 27.7 Å². The molecular weight excluding hydrogens is 349 g/mol. The van der Waals surface area contributed by atoms with Crippen LogP contribution in [-0.4, -0.2) is 19.3 Å². The number of rotatable bonds is 5. The molecular formula is C19H20N3O3P. The van der Waals surface area contributed by atoms with Gasteiger partial charge in [-0.3, -0.25) is 4.57 Å². The smallest absolute Gasteiger partial charge is 0.326 e. The van der Waals surface area contributed by atoms with E-state index in [1.54, 1.807) is 30.6 Å². The Kier molecular flexibility index (Phi) is 4.97. The van der Waals surface area contributed by atoms with E-state index < -0.39 is 7.60 Å². The molecule has 0 aliphatic rings. The molecule has 0 saturated heterocycles. The van der Waals surface area contributed by atoms with Crippen molar-refractivity contribution in [3.8, 4) is 6.07 Å². The summed E-state index contributed by atoms with van der Waals surface area (Å²) in [6.45, 7) is 4.46. The van der Waals surface area contributed by atoms with Crippen LogP contribution in [0.2, 0.25) is 0 Å². The van der Waals surface area contributed by atoms with E-state index in [9.17, 15) is 14.4 Å². The third-order valence-corrected chi connectivity index (χ3v) is 5.66. The van der Waals surface area contributed by atoms with Gasteiger partial charge in [0.15, 0.2) is 0 Å². The Morgan fingerprint density at radius 2 is 1.88 bits per heavy atom. The summed E-state index contributed by atoms with van der Waals surface area (Å²) in [6.07, 6.45) is 2.99. The maximum absolute atomic E-state index is 11.8. The normalized spacial score (nSPS) is 11.7. The number of aromatic nitrogens is 2. The number of nitriles is 1. The molecule has 0 spiro atoms. The summed E-state index contributed by atoms with van der Waals surface area (Å²) in [5.74, 6) is 0. The quantitative estimate of drug-likeness (QED) is 0.674. The van der Waals surface area contributed by atoms with E-state index >= 15 is 0 Å². The van der Waals surface area contributed by atoms with Crippen molar-refractivity contribution in [2.24, 2.45) is 0 Å². The molecule has 0 fully saturated rings. The fourth-order valence-electron chi connectivity index (χ4n) is 3.43. The summed E-state index contributed by atoms with van der Waals surface area (Å²) in [5.41, 5.74) is 4.97. The lowest BCUT2D eigenvalue weighted by Crippen LogP contribution is -2.16. The maximum Gasteiger partial charge on any atom is 0.356 e. The van der Waals surface area contributed by atoms with E-state index in [-0.39, 0.29) is 5.30 Å². The minimum absolute atomic E-state index is 0.120. The first-order chi connectivity index (χ1) is 12.4. The highest BCUT2D eigenvalue weighted by atomic mass is 31.2. The number of nitrogens with zero attached hydrogens (tertiary/aromatic N) is 3. The van der Waals surface area contributed by atoms with Crippen LogP contribution in [0.15, 0.2) is 36.7 Å². The van der Waals surface area contributed by atoms with Crippen LogP contribution >= 0.6 is 7.60 Å². The zero-order valence-corrected chi connectivity index (χ0v) is 15.6. The van der Waals surface area contributed by atoms with Crippen molar-refractivity contribution >= 4 is 23.9 Å². The molecule has 2 N–H and O–H groups in total. The van der Waals surface area contributed by atoms with Gasteiger partial charge in [-0.05, 0) is 53.8 Å². The van der Waals surface area contributed by atoms with Crippen LogP contribution in [0.4, 0.5) is 0 Å². The van der Waals surface area contributed by atoms with Gasteiger partial charge in [0, 0.05) is 6.54 Å². The van der Waals surface area contributed by atoms with Crippen LogP contribution in [0, 0.1) is 11.3 Å². The molecule has 0 amide bonds. The highest BCUT2D eigenvalue weighted by molar-refractivity contribution is 7.60. The van der Waals surface area contributed by atoms with Gasteiger partial charge in [-0.1, -0.05) is 19.9 Å². The highest BCUT2D eigenvalue weighted by Gasteiger charge is 2.23. The second-order valence-electron chi connectivity index (χ2n) is 6.14. The average Bonchev–Trinajstić information content (AvgIpc) is 3.02. The van der Waals surface area contributed by atoms with Crippen LogP contribution in [0.1, 0.15) is 36.1 Å². The molecule has 0 radical (unpaired) electrons. The SMILES string of the molecule is CCc1c(Cn2cnc3cc(C#N)ccc32)ccc(P(=O)(O)O)c1CC. The van der Waals surface area contributed by atoms with Crippen molar-refractivity contribution in [1.29, 1.82) is 5.26 Å². The number of imidazole rings is 1. The lowest BCUT2D eigenvalue weighted by atomic mass is 9.97. The molecule has 0 aliphatic heterocycles. The molecule has 0 unspecified atom stereocenters. The first-order valence-corrected chi connectivity index (χ1v) is 10.0. The Bertz CT molecular complexity index is 1060. The molecule has 0 aliphatic carbocycles. The predicted octanol–water partition coefficient (Wildman–Crippen LogP) is 2.88. The maximum atomic E-state index is 11.8. The van der Waals surface area contributed by atoms with Crippen molar-refractivity contribution in [2.75, 3.05) is 0 Å². The molecule has 6 nitrogen and oxygen atoms in total. The molecule has 1 heterocycles. The summed E-state index contributed by atoms with van der Waals surface area (Å²) in [5, 5.41) is 9.13. The molecule has 26 heavy (non-hydrogen) atoms. The lowest BCUT2D eigenvalue weighted by Gasteiger charge is -2.18. The number of hydrogen-bond acceptors (Lipinski definition) is 3. The Balaban J connectivity index is 2.08. The number of hydrogen-bond donors (Lipinski definition) is 2. The molecule has 0 atom stereocenters. The second-order valence-corrected chi connectivity index (χ2v) is 7.71. The molecule has 0 bridgehead atoms. The molecule has 134 valence electrons. The van der Waals surface area contributed by atoms with Gasteiger partial charge >= 0.3 is 7.60 Å². The second kappa shape index (κ2) is 7.05. The summed E-state index contributed by atoms with van der Waals surface area (Å²) in [7, 11) is -4.30. The van der Waals surface area contributed by atoms with Gasteiger partial charge in [0.05, 0.1) is 34.3 Å². The van der Waals surface area contributed by atoms with Crippen molar-refractivity contribution in [3.63, 3.8) is 0 Å². The van der Waals surface area contributed by atoms with Crippen LogP contribution < -0.4 is 5.30 Å². The summed E-state index contributed by atoms with van der Waals surface area (Å²) < 4.78 is 13.8. The van der Waals surface area contributed by atoms with Crippen LogP contribution in [0.3, 0.4) is 0 Å². The monoisotopic (exact) mass is 369 g/mol. The first-order valence-electron chi connectivity index (χ1n) is 8.43. The Morgan fingerprint density at radius 3 is 2.50 bits per heavy atom. The van der Waals surface area contributed by atoms with Gasteiger partial charge in [0.25, 0.3) is 0 Å². The molecule has 0 saturated carbocycles. The largest absolute Gasteiger partial charge is 0.356 e. The van der Waals surface area contributed by atoms with Gasteiger partial charge in [0.1, 0.15) is 0 Å². The standard InChI is InChI=1S/C19H20N3O3P/c1-3-15-14(6-8-19(16(15)4-2)26(23,24)25)11-22-12-21-17-9-13(10-20)5-7-18(17)22/h5-9,12H,3-4,11H2,1-2H3,(H2,23,24,25). The minimum atomic E-state index is -4.30. The zero-order chi connectivity index (χ0) is 18.9. The summed E-state index contributed by atoms with van der Waals surface area (Å²) in [4.78, 5) is 23.6. The Morgan fingerprint density at radius 1 is 1.15 bits per heavy atom. The van der Waals surface area contributed by atoms with E-state index in [1.165, 1.54) is 0 Å². The van der Waals surface area contributed by atoms with Crippen molar-refractivity contribution in [1.82, 2.24) is 9.55 Å². The van der Waals surface area contributed by atoms with Gasteiger partial charge in [-0.2, -0.15) is 5.26 Å². The van der Waals surface area contributed by atoms with Crippen LogP contribution in [0.25, 0.3) is 11.0 Å². The zero-order valence-electron chi connectivity index (χ0n) is 14.7. The Hall–Kier alpha value is -2.45. The lowest BCUT2D eigenvalue weighted by molar-refractivity contribution is 0.387. The van der Waals surface area contributed by atoms with E-state index in [4.69, 9.17) is 5.26 Å². The van der Waals surface area contributed by atoms with Crippen molar-refractivity contribution < 1.29 is 14.4 Å². The van der Waals surface area contributed by atoms with Gasteiger partial charge < -0.3 is 14.4 Å². The topological polar surface area (TPSA) is 99.1 Å². The molecule has 3 rings (SSSR count). The summed E-state index contributed by atoms with van der Waals surface area (Å²) >= 11 is 0. The minimum Gasteiger partial charge on any atom is -0.326 e. The third-order valence-electron chi connectivity index (χ3n) is 4.62. The summed E-state index contributed by atoms with van der Waals surface area (Å²) in [6, 6.07) is 10.8. The van der Waals surface area contributed by atoms with E-state index in [1.807, 2.05) is 24.5 Å². The van der Waals surface area contributed by atoms with Gasteiger partial charge in [0.2, 0.25) is 0 Å². The Labute approximate surface area is 151 Å². The molecule has 3 aromatic rings. The fraction of sp³-hybridized carbons (Fsp3) is 0.263. The van der Waals surface area contributed by atoms with E-state index in [2.05, 4.69) is 11.1 Å². The molecule has 2 aromatic carbocycles. The number of benzene rings is 2. The first kappa shape index (κ1) is 18.3. The third kappa shape index (κ3) is 3.30. The van der Waals surface area contributed by atoms with Gasteiger partial charge in [-0.25, -0.2) is 4.98 Å². The van der Waals surface area contributed by atoms with Crippen LogP contribution in [0.5, 0.6) is 0 Å². The fourth-order valence-corrected chi connectivity index (χ4v) is 4.34. The molecule has 7 heteroatoms. The van der Waals surface area contributed by atoms with Crippen LogP contribution in [-0.2, 0) is 24.0 Å². The predicted molar refractivity (Wildman–Crippen MR) is 100 cm³/mol.